The molecule has 0 aromatic heterocycles. The van der Waals surface area contributed by atoms with Gasteiger partial charge in [0.1, 0.15) is 0 Å². The van der Waals surface area contributed by atoms with Crippen molar-refractivity contribution in [2.45, 2.75) is 32.3 Å². The lowest BCUT2D eigenvalue weighted by molar-refractivity contribution is -0.161. The number of aliphatic carboxylic acids is 1. The average Bonchev–Trinajstić information content (AvgIpc) is 1.85. The predicted molar refractivity (Wildman–Crippen MR) is 40.4 cm³/mol. The highest BCUT2D eigenvalue weighted by Crippen LogP contribution is 2.30. The van der Waals surface area contributed by atoms with Gasteiger partial charge in [0, 0.05) is 6.61 Å². The van der Waals surface area contributed by atoms with Crippen molar-refractivity contribution >= 4 is 5.97 Å². The maximum atomic E-state index is 10.7. The Bertz CT molecular complexity index is 163. The van der Waals surface area contributed by atoms with Crippen LogP contribution in [0.3, 0.4) is 0 Å². The van der Waals surface area contributed by atoms with E-state index in [0.29, 0.717) is 6.61 Å². The molecule has 1 atom stereocenters. The third kappa shape index (κ3) is 1.71. The van der Waals surface area contributed by atoms with E-state index in [1.807, 2.05) is 13.8 Å². The fourth-order valence-corrected chi connectivity index (χ4v) is 1.49. The summed E-state index contributed by atoms with van der Waals surface area (Å²) in [6.45, 7) is 4.37. The molecule has 0 saturated carbocycles. The van der Waals surface area contributed by atoms with Crippen LogP contribution in [0.5, 0.6) is 0 Å². The van der Waals surface area contributed by atoms with E-state index in [-0.39, 0.29) is 5.92 Å². The van der Waals surface area contributed by atoms with E-state index in [1.54, 1.807) is 0 Å². The van der Waals surface area contributed by atoms with Crippen molar-refractivity contribution in [2.75, 3.05) is 6.61 Å². The van der Waals surface area contributed by atoms with Gasteiger partial charge in [0.25, 0.3) is 0 Å². The molecule has 0 spiro atoms. The number of ether oxygens (including phenoxy) is 1. The normalized spacial score (nSPS) is 29.8. The SMILES string of the molecule is CC1(C)OCCCC1C(=O)O. The van der Waals surface area contributed by atoms with E-state index in [0.717, 1.165) is 12.8 Å². The Kier molecular flexibility index (Phi) is 2.18. The van der Waals surface area contributed by atoms with Crippen LogP contribution in [-0.2, 0) is 9.53 Å². The standard InChI is InChI=1S/C8H14O3/c1-8(2)6(7(9)10)4-3-5-11-8/h6H,3-5H2,1-2H3,(H,9,10). The molecule has 1 rings (SSSR count). The van der Waals surface area contributed by atoms with Crippen molar-refractivity contribution in [2.24, 2.45) is 5.92 Å². The number of hydrogen-bond donors (Lipinski definition) is 1. The molecule has 1 aliphatic heterocycles. The van der Waals surface area contributed by atoms with E-state index in [1.165, 1.54) is 0 Å². The monoisotopic (exact) mass is 158 g/mol. The van der Waals surface area contributed by atoms with E-state index in [4.69, 9.17) is 9.84 Å². The van der Waals surface area contributed by atoms with Crippen LogP contribution in [0.25, 0.3) is 0 Å². The Morgan fingerprint density at radius 1 is 1.64 bits per heavy atom. The molecule has 1 fully saturated rings. The van der Waals surface area contributed by atoms with Gasteiger partial charge in [-0.2, -0.15) is 0 Å². The van der Waals surface area contributed by atoms with E-state index >= 15 is 0 Å². The average molecular weight is 158 g/mol. The lowest BCUT2D eigenvalue weighted by atomic mass is 9.85. The van der Waals surface area contributed by atoms with Gasteiger partial charge in [0.05, 0.1) is 11.5 Å². The molecule has 3 heteroatoms. The van der Waals surface area contributed by atoms with Crippen LogP contribution in [0.2, 0.25) is 0 Å². The number of carboxylic acids is 1. The molecule has 0 aliphatic carbocycles. The van der Waals surface area contributed by atoms with E-state index < -0.39 is 11.6 Å². The highest BCUT2D eigenvalue weighted by molar-refractivity contribution is 5.71. The molecule has 1 aliphatic rings. The molecular weight excluding hydrogens is 144 g/mol. The molecule has 1 saturated heterocycles. The number of carboxylic acid groups (broad SMARTS) is 1. The molecule has 64 valence electrons. The first-order valence-electron chi connectivity index (χ1n) is 3.91. The number of carbonyl (C=O) groups is 1. The van der Waals surface area contributed by atoms with Gasteiger partial charge < -0.3 is 9.84 Å². The summed E-state index contributed by atoms with van der Waals surface area (Å²) in [7, 11) is 0. The molecule has 0 amide bonds. The minimum absolute atomic E-state index is 0.337. The quantitative estimate of drug-likeness (QED) is 0.625. The van der Waals surface area contributed by atoms with Crippen LogP contribution < -0.4 is 0 Å². The first-order chi connectivity index (χ1) is 5.04. The Balaban J connectivity index is 2.67. The first kappa shape index (κ1) is 8.53. The van der Waals surface area contributed by atoms with Crippen molar-refractivity contribution < 1.29 is 14.6 Å². The molecule has 0 radical (unpaired) electrons. The Morgan fingerprint density at radius 3 is 2.64 bits per heavy atom. The fourth-order valence-electron chi connectivity index (χ4n) is 1.49. The van der Waals surface area contributed by atoms with Crippen molar-refractivity contribution in [3.8, 4) is 0 Å². The van der Waals surface area contributed by atoms with Crippen LogP contribution >= 0.6 is 0 Å². The van der Waals surface area contributed by atoms with Crippen molar-refractivity contribution in [3.63, 3.8) is 0 Å². The summed E-state index contributed by atoms with van der Waals surface area (Å²) in [5.74, 6) is -1.08. The van der Waals surface area contributed by atoms with Crippen molar-refractivity contribution in [1.82, 2.24) is 0 Å². The van der Waals surface area contributed by atoms with Gasteiger partial charge in [-0.3, -0.25) is 4.79 Å². The van der Waals surface area contributed by atoms with Crippen LogP contribution in [0.1, 0.15) is 26.7 Å². The van der Waals surface area contributed by atoms with Crippen molar-refractivity contribution in [1.29, 1.82) is 0 Å². The lowest BCUT2D eigenvalue weighted by Gasteiger charge is -2.35. The summed E-state index contributed by atoms with van der Waals surface area (Å²) in [6, 6.07) is 0. The van der Waals surface area contributed by atoms with Gasteiger partial charge in [-0.15, -0.1) is 0 Å². The summed E-state index contributed by atoms with van der Waals surface area (Å²) in [5.41, 5.74) is -0.482. The zero-order valence-electron chi connectivity index (χ0n) is 6.96. The summed E-state index contributed by atoms with van der Waals surface area (Å²) < 4.78 is 5.36. The summed E-state index contributed by atoms with van der Waals surface area (Å²) >= 11 is 0. The second kappa shape index (κ2) is 2.81. The van der Waals surface area contributed by atoms with Gasteiger partial charge in [0.2, 0.25) is 0 Å². The van der Waals surface area contributed by atoms with E-state index in [9.17, 15) is 4.79 Å². The van der Waals surface area contributed by atoms with Crippen LogP contribution in [0.4, 0.5) is 0 Å². The van der Waals surface area contributed by atoms with Gasteiger partial charge in [-0.25, -0.2) is 0 Å². The molecular formula is C8H14O3. The summed E-state index contributed by atoms with van der Waals surface area (Å²) in [6.07, 6.45) is 1.60. The maximum absolute atomic E-state index is 10.7. The minimum atomic E-state index is -0.741. The molecule has 1 N–H and O–H groups in total. The van der Waals surface area contributed by atoms with Crippen molar-refractivity contribution in [3.05, 3.63) is 0 Å². The Labute approximate surface area is 66.4 Å². The lowest BCUT2D eigenvalue weighted by Crippen LogP contribution is -2.43. The van der Waals surface area contributed by atoms with Gasteiger partial charge >= 0.3 is 5.97 Å². The predicted octanol–water partition coefficient (Wildman–Crippen LogP) is 1.28. The molecule has 3 nitrogen and oxygen atoms in total. The smallest absolute Gasteiger partial charge is 0.309 e. The highest BCUT2D eigenvalue weighted by Gasteiger charge is 2.38. The molecule has 1 unspecified atom stereocenters. The third-order valence-corrected chi connectivity index (χ3v) is 2.25. The second-order valence-corrected chi connectivity index (χ2v) is 3.48. The minimum Gasteiger partial charge on any atom is -0.481 e. The van der Waals surface area contributed by atoms with Gasteiger partial charge in [-0.05, 0) is 26.7 Å². The fraction of sp³-hybridized carbons (Fsp3) is 0.875. The molecule has 11 heavy (non-hydrogen) atoms. The largest absolute Gasteiger partial charge is 0.481 e. The number of rotatable bonds is 1. The van der Waals surface area contributed by atoms with Gasteiger partial charge in [0.15, 0.2) is 0 Å². The van der Waals surface area contributed by atoms with Crippen LogP contribution in [0, 0.1) is 5.92 Å². The molecule has 1 heterocycles. The summed E-state index contributed by atoms with van der Waals surface area (Å²) in [5, 5.41) is 8.79. The third-order valence-electron chi connectivity index (χ3n) is 2.25. The molecule has 0 bridgehead atoms. The zero-order valence-corrected chi connectivity index (χ0v) is 6.96. The van der Waals surface area contributed by atoms with Gasteiger partial charge in [-0.1, -0.05) is 0 Å². The Hall–Kier alpha value is -0.570. The van der Waals surface area contributed by atoms with Crippen LogP contribution in [-0.4, -0.2) is 23.3 Å². The molecule has 0 aromatic carbocycles. The second-order valence-electron chi connectivity index (χ2n) is 3.48. The van der Waals surface area contributed by atoms with Crippen LogP contribution in [0.15, 0.2) is 0 Å². The first-order valence-corrected chi connectivity index (χ1v) is 3.91. The van der Waals surface area contributed by atoms with E-state index in [2.05, 4.69) is 0 Å². The molecule has 0 aromatic rings. The number of hydrogen-bond acceptors (Lipinski definition) is 2. The highest BCUT2D eigenvalue weighted by atomic mass is 16.5. The zero-order chi connectivity index (χ0) is 8.48. The summed E-state index contributed by atoms with van der Waals surface area (Å²) in [4.78, 5) is 10.7. The Morgan fingerprint density at radius 2 is 2.27 bits per heavy atom. The maximum Gasteiger partial charge on any atom is 0.309 e. The topological polar surface area (TPSA) is 46.5 Å².